The Bertz CT molecular complexity index is 1220. The number of methoxy groups -OCH3 is 2. The molecule has 5 heteroatoms. The van der Waals surface area contributed by atoms with E-state index in [2.05, 4.69) is 53.5 Å². The number of hydrogen-bond donors (Lipinski definition) is 0. The SMILES string of the molecule is COc1cccc(C2=NN3[C@H](C2)c2cccc(OC)c2OC32CCC(c3ccccc3)CC2)c1. The summed E-state index contributed by atoms with van der Waals surface area (Å²) < 4.78 is 18.1. The van der Waals surface area contributed by atoms with E-state index in [-0.39, 0.29) is 6.04 Å². The summed E-state index contributed by atoms with van der Waals surface area (Å²) in [5.41, 5.74) is 4.29. The molecule has 2 heterocycles. The Hall–Kier alpha value is -3.47. The van der Waals surface area contributed by atoms with E-state index in [1.807, 2.05) is 24.3 Å². The molecule has 0 N–H and O–H groups in total. The van der Waals surface area contributed by atoms with Crippen LogP contribution in [0.1, 0.15) is 60.8 Å². The molecule has 0 aromatic heterocycles. The van der Waals surface area contributed by atoms with E-state index < -0.39 is 5.72 Å². The van der Waals surface area contributed by atoms with E-state index in [4.69, 9.17) is 19.3 Å². The molecule has 3 aromatic rings. The van der Waals surface area contributed by atoms with Crippen molar-refractivity contribution in [2.45, 2.75) is 49.8 Å². The molecule has 3 aliphatic rings. The molecule has 6 rings (SSSR count). The molecule has 1 fully saturated rings. The summed E-state index contributed by atoms with van der Waals surface area (Å²) >= 11 is 0. The van der Waals surface area contributed by atoms with Crippen LogP contribution in [0.2, 0.25) is 0 Å². The maximum atomic E-state index is 6.88. The fourth-order valence-corrected chi connectivity index (χ4v) is 5.87. The first-order valence-corrected chi connectivity index (χ1v) is 12.1. The molecule has 0 unspecified atom stereocenters. The number of ether oxygens (including phenoxy) is 3. The highest BCUT2D eigenvalue weighted by Gasteiger charge is 2.52. The van der Waals surface area contributed by atoms with Crippen molar-refractivity contribution in [1.29, 1.82) is 0 Å². The molecular weight excluding hydrogens is 424 g/mol. The second-order valence-corrected chi connectivity index (χ2v) is 9.45. The van der Waals surface area contributed by atoms with Gasteiger partial charge in [-0.2, -0.15) is 5.10 Å². The predicted octanol–water partition coefficient (Wildman–Crippen LogP) is 6.30. The van der Waals surface area contributed by atoms with Crippen molar-refractivity contribution in [2.75, 3.05) is 14.2 Å². The smallest absolute Gasteiger partial charge is 0.198 e. The lowest BCUT2D eigenvalue weighted by atomic mass is 9.78. The van der Waals surface area contributed by atoms with Crippen LogP contribution in [0, 0.1) is 0 Å². The summed E-state index contributed by atoms with van der Waals surface area (Å²) in [4.78, 5) is 0. The highest BCUT2D eigenvalue weighted by Crippen LogP contribution is 2.55. The molecule has 0 bridgehead atoms. The molecule has 34 heavy (non-hydrogen) atoms. The Balaban J connectivity index is 1.38. The van der Waals surface area contributed by atoms with Gasteiger partial charge in [-0.3, -0.25) is 0 Å². The molecule has 1 spiro atoms. The summed E-state index contributed by atoms with van der Waals surface area (Å²) in [5.74, 6) is 3.09. The maximum absolute atomic E-state index is 6.88. The fourth-order valence-electron chi connectivity index (χ4n) is 5.87. The van der Waals surface area contributed by atoms with Crippen LogP contribution < -0.4 is 14.2 Å². The van der Waals surface area contributed by atoms with E-state index in [1.165, 1.54) is 5.56 Å². The maximum Gasteiger partial charge on any atom is 0.198 e. The lowest BCUT2D eigenvalue weighted by Crippen LogP contribution is -2.55. The molecule has 0 radical (unpaired) electrons. The molecule has 1 atom stereocenters. The van der Waals surface area contributed by atoms with Gasteiger partial charge >= 0.3 is 0 Å². The zero-order valence-corrected chi connectivity index (χ0v) is 19.7. The second-order valence-electron chi connectivity index (χ2n) is 9.45. The number of hydrogen-bond acceptors (Lipinski definition) is 5. The van der Waals surface area contributed by atoms with Crippen molar-refractivity contribution in [1.82, 2.24) is 5.01 Å². The molecule has 0 amide bonds. The summed E-state index contributed by atoms with van der Waals surface area (Å²) in [5, 5.41) is 7.48. The van der Waals surface area contributed by atoms with Gasteiger partial charge in [0.25, 0.3) is 0 Å². The number of benzene rings is 3. The third-order valence-corrected chi connectivity index (χ3v) is 7.65. The van der Waals surface area contributed by atoms with Crippen molar-refractivity contribution in [3.8, 4) is 17.2 Å². The first kappa shape index (κ1) is 21.1. The normalized spacial score (nSPS) is 25.2. The van der Waals surface area contributed by atoms with Gasteiger partial charge in [-0.1, -0.05) is 54.6 Å². The largest absolute Gasteiger partial charge is 0.497 e. The van der Waals surface area contributed by atoms with Gasteiger partial charge in [-0.25, -0.2) is 5.01 Å². The van der Waals surface area contributed by atoms with E-state index in [0.717, 1.165) is 66.2 Å². The monoisotopic (exact) mass is 454 g/mol. The summed E-state index contributed by atoms with van der Waals surface area (Å²) in [6.45, 7) is 0. The molecule has 5 nitrogen and oxygen atoms in total. The Morgan fingerprint density at radius 3 is 2.47 bits per heavy atom. The van der Waals surface area contributed by atoms with Gasteiger partial charge in [-0.15, -0.1) is 0 Å². The molecule has 0 saturated heterocycles. The average Bonchev–Trinajstić information content (AvgIpc) is 3.37. The molecule has 3 aromatic carbocycles. The summed E-state index contributed by atoms with van der Waals surface area (Å²) in [6.07, 6.45) is 4.83. The minimum Gasteiger partial charge on any atom is -0.497 e. The Labute approximate surface area is 201 Å². The van der Waals surface area contributed by atoms with Gasteiger partial charge in [0.1, 0.15) is 5.75 Å². The average molecular weight is 455 g/mol. The highest BCUT2D eigenvalue weighted by atomic mass is 16.5. The topological polar surface area (TPSA) is 43.3 Å². The van der Waals surface area contributed by atoms with Crippen molar-refractivity contribution in [3.63, 3.8) is 0 Å². The van der Waals surface area contributed by atoms with Crippen LogP contribution in [0.25, 0.3) is 0 Å². The van der Waals surface area contributed by atoms with E-state index >= 15 is 0 Å². The van der Waals surface area contributed by atoms with Crippen molar-refractivity contribution < 1.29 is 14.2 Å². The van der Waals surface area contributed by atoms with Crippen LogP contribution in [0.3, 0.4) is 0 Å². The quantitative estimate of drug-likeness (QED) is 0.464. The van der Waals surface area contributed by atoms with Gasteiger partial charge in [-0.05, 0) is 42.5 Å². The lowest BCUT2D eigenvalue weighted by Gasteiger charge is -2.50. The minimum absolute atomic E-state index is 0.133. The first-order valence-electron chi connectivity index (χ1n) is 12.1. The zero-order valence-electron chi connectivity index (χ0n) is 19.7. The summed E-state index contributed by atoms with van der Waals surface area (Å²) in [7, 11) is 3.42. The minimum atomic E-state index is -0.460. The van der Waals surface area contributed by atoms with Crippen LogP contribution in [-0.4, -0.2) is 30.7 Å². The van der Waals surface area contributed by atoms with Crippen LogP contribution in [0.15, 0.2) is 77.9 Å². The molecule has 2 aliphatic heterocycles. The molecule has 1 aliphatic carbocycles. The van der Waals surface area contributed by atoms with Crippen LogP contribution in [0.4, 0.5) is 0 Å². The number of rotatable bonds is 4. The van der Waals surface area contributed by atoms with Gasteiger partial charge in [0.05, 0.1) is 26.0 Å². The zero-order chi connectivity index (χ0) is 23.1. The van der Waals surface area contributed by atoms with Gasteiger partial charge in [0, 0.05) is 30.4 Å². The van der Waals surface area contributed by atoms with Crippen molar-refractivity contribution in [2.24, 2.45) is 5.10 Å². The van der Waals surface area contributed by atoms with Crippen molar-refractivity contribution in [3.05, 3.63) is 89.5 Å². The van der Waals surface area contributed by atoms with Gasteiger partial charge in [0.15, 0.2) is 17.2 Å². The fraction of sp³-hybridized carbons (Fsp3) is 0.345. The van der Waals surface area contributed by atoms with Gasteiger partial charge in [0.2, 0.25) is 0 Å². The Kier molecular flexibility index (Phi) is 5.20. The Morgan fingerprint density at radius 2 is 1.71 bits per heavy atom. The van der Waals surface area contributed by atoms with Crippen LogP contribution in [-0.2, 0) is 0 Å². The number of hydrazone groups is 1. The van der Waals surface area contributed by atoms with Gasteiger partial charge < -0.3 is 14.2 Å². The highest BCUT2D eigenvalue weighted by molar-refractivity contribution is 6.02. The second kappa shape index (κ2) is 8.39. The number of fused-ring (bicyclic) bond motifs is 4. The van der Waals surface area contributed by atoms with Crippen LogP contribution >= 0.6 is 0 Å². The predicted molar refractivity (Wildman–Crippen MR) is 133 cm³/mol. The van der Waals surface area contributed by atoms with Crippen LogP contribution in [0.5, 0.6) is 17.2 Å². The van der Waals surface area contributed by atoms with Crippen molar-refractivity contribution >= 4 is 5.71 Å². The summed E-state index contributed by atoms with van der Waals surface area (Å²) in [6, 6.07) is 25.4. The molecule has 174 valence electrons. The number of nitrogens with zero attached hydrogens (tertiary/aromatic N) is 2. The third-order valence-electron chi connectivity index (χ3n) is 7.65. The first-order chi connectivity index (χ1) is 16.7. The third kappa shape index (κ3) is 3.42. The van der Waals surface area contributed by atoms with E-state index in [9.17, 15) is 0 Å². The number of para-hydroxylation sites is 1. The standard InChI is InChI=1S/C29H30N2O3/c1-32-23-11-6-10-22(18-23)25-19-26-24-12-7-13-27(33-2)28(24)34-29(31(26)30-25)16-14-21(15-17-29)20-8-4-3-5-9-20/h3-13,18,21,26H,14-17,19H2,1-2H3/t21?,26-,29?/m1/s1. The lowest BCUT2D eigenvalue weighted by molar-refractivity contribution is -0.143. The van der Waals surface area contributed by atoms with E-state index in [1.54, 1.807) is 14.2 Å². The molecular formula is C29H30N2O3. The Morgan fingerprint density at radius 1 is 0.912 bits per heavy atom. The molecule has 1 saturated carbocycles. The van der Waals surface area contributed by atoms with E-state index in [0.29, 0.717) is 5.92 Å².